The zero-order valence-electron chi connectivity index (χ0n) is 14.7. The molecule has 2 aromatic rings. The molecular weight excluding hydrogens is 336 g/mol. The second-order valence-electron chi connectivity index (χ2n) is 5.94. The molecule has 1 aromatic heterocycles. The van der Waals surface area contributed by atoms with Crippen LogP contribution in [-0.2, 0) is 20.9 Å². The van der Waals surface area contributed by atoms with E-state index in [9.17, 15) is 9.59 Å². The minimum absolute atomic E-state index is 0.00894. The van der Waals surface area contributed by atoms with Crippen molar-refractivity contribution in [2.75, 3.05) is 38.3 Å². The van der Waals surface area contributed by atoms with Crippen LogP contribution in [0.3, 0.4) is 0 Å². The van der Waals surface area contributed by atoms with Gasteiger partial charge in [0.05, 0.1) is 25.1 Å². The van der Waals surface area contributed by atoms with E-state index in [0.29, 0.717) is 43.4 Å². The summed E-state index contributed by atoms with van der Waals surface area (Å²) in [6.45, 7) is 1.57. The molecule has 0 saturated carbocycles. The molecule has 1 aliphatic heterocycles. The molecule has 26 heavy (non-hydrogen) atoms. The quantitative estimate of drug-likeness (QED) is 0.722. The normalized spacial score (nSPS) is 13.3. The van der Waals surface area contributed by atoms with Gasteiger partial charge in [0.2, 0.25) is 5.91 Å². The van der Waals surface area contributed by atoms with Crippen molar-refractivity contribution in [3.8, 4) is 5.75 Å². The summed E-state index contributed by atoms with van der Waals surface area (Å²) >= 11 is 0. The number of furan rings is 1. The number of hydrogen-bond donors (Lipinski definition) is 0. The van der Waals surface area contributed by atoms with E-state index in [2.05, 4.69) is 0 Å². The van der Waals surface area contributed by atoms with Crippen molar-refractivity contribution in [3.05, 3.63) is 48.4 Å². The maximum absolute atomic E-state index is 12.7. The Bertz CT molecular complexity index is 744. The van der Waals surface area contributed by atoms with Gasteiger partial charge in [0, 0.05) is 26.6 Å². The van der Waals surface area contributed by atoms with Gasteiger partial charge in [-0.3, -0.25) is 9.59 Å². The van der Waals surface area contributed by atoms with E-state index in [1.807, 2.05) is 30.3 Å². The van der Waals surface area contributed by atoms with Crippen LogP contribution in [0.4, 0.5) is 5.69 Å². The maximum Gasteiger partial charge on any atom is 0.265 e. The van der Waals surface area contributed by atoms with Crippen LogP contribution in [0.15, 0.2) is 47.1 Å². The third-order valence-corrected chi connectivity index (χ3v) is 4.20. The Hall–Kier alpha value is -2.80. The lowest BCUT2D eigenvalue weighted by Crippen LogP contribution is -2.42. The molecule has 0 fully saturated rings. The maximum atomic E-state index is 12.7. The zero-order valence-corrected chi connectivity index (χ0v) is 14.7. The van der Waals surface area contributed by atoms with Crippen LogP contribution in [0.1, 0.15) is 12.2 Å². The molecule has 1 aromatic carbocycles. The third-order valence-electron chi connectivity index (χ3n) is 4.20. The fourth-order valence-electron chi connectivity index (χ4n) is 2.85. The first-order valence-electron chi connectivity index (χ1n) is 8.50. The van der Waals surface area contributed by atoms with Gasteiger partial charge in [0.1, 0.15) is 11.5 Å². The molecule has 2 heterocycles. The summed E-state index contributed by atoms with van der Waals surface area (Å²) in [7, 11) is 1.60. The zero-order chi connectivity index (χ0) is 18.4. The van der Waals surface area contributed by atoms with Gasteiger partial charge >= 0.3 is 0 Å². The number of hydrogen-bond acceptors (Lipinski definition) is 5. The fourth-order valence-corrected chi connectivity index (χ4v) is 2.85. The number of rotatable bonds is 8. The summed E-state index contributed by atoms with van der Waals surface area (Å²) in [5.41, 5.74) is 0.700. The largest absolute Gasteiger partial charge is 0.482 e. The topological polar surface area (TPSA) is 72.2 Å². The monoisotopic (exact) mass is 358 g/mol. The smallest absolute Gasteiger partial charge is 0.265 e. The van der Waals surface area contributed by atoms with Crippen LogP contribution < -0.4 is 9.64 Å². The van der Waals surface area contributed by atoms with Gasteiger partial charge < -0.3 is 23.7 Å². The molecule has 0 spiro atoms. The van der Waals surface area contributed by atoms with Crippen LogP contribution in [0.2, 0.25) is 0 Å². The van der Waals surface area contributed by atoms with Crippen molar-refractivity contribution in [1.29, 1.82) is 0 Å². The second-order valence-corrected chi connectivity index (χ2v) is 5.94. The molecule has 0 radical (unpaired) electrons. The molecule has 0 saturated heterocycles. The Balaban J connectivity index is 1.64. The van der Waals surface area contributed by atoms with Crippen LogP contribution in [-0.4, -0.2) is 50.1 Å². The lowest BCUT2D eigenvalue weighted by molar-refractivity contribution is -0.132. The highest BCUT2D eigenvalue weighted by atomic mass is 16.5. The highest BCUT2D eigenvalue weighted by Gasteiger charge is 2.26. The molecule has 0 atom stereocenters. The van der Waals surface area contributed by atoms with Gasteiger partial charge in [0.15, 0.2) is 6.61 Å². The van der Waals surface area contributed by atoms with E-state index in [-0.39, 0.29) is 24.8 Å². The van der Waals surface area contributed by atoms with Crippen LogP contribution >= 0.6 is 0 Å². The summed E-state index contributed by atoms with van der Waals surface area (Å²) in [6.07, 6.45) is 1.79. The van der Waals surface area contributed by atoms with Gasteiger partial charge in [0.25, 0.3) is 5.91 Å². The van der Waals surface area contributed by atoms with E-state index < -0.39 is 0 Å². The lowest BCUT2D eigenvalue weighted by atomic mass is 10.2. The average molecular weight is 358 g/mol. The number of carbonyl (C=O) groups is 2. The predicted octanol–water partition coefficient (Wildman–Crippen LogP) is 2.07. The number of amides is 2. The fraction of sp³-hybridized carbons (Fsp3) is 0.368. The van der Waals surface area contributed by atoms with Crippen LogP contribution in [0, 0.1) is 0 Å². The van der Waals surface area contributed by atoms with E-state index in [1.54, 1.807) is 29.2 Å². The van der Waals surface area contributed by atoms with Crippen molar-refractivity contribution >= 4 is 17.5 Å². The molecular formula is C19H22N2O5. The van der Waals surface area contributed by atoms with Gasteiger partial charge in [-0.1, -0.05) is 12.1 Å². The number of ether oxygens (including phenoxy) is 2. The number of carbonyl (C=O) groups excluding carboxylic acids is 2. The minimum Gasteiger partial charge on any atom is -0.482 e. The third kappa shape index (κ3) is 4.23. The molecule has 0 N–H and O–H groups in total. The first kappa shape index (κ1) is 18.0. The SMILES string of the molecule is COCCN(Cc1ccco1)C(=O)CCN1C(=O)COc2ccccc21. The lowest BCUT2D eigenvalue weighted by Gasteiger charge is -2.30. The minimum atomic E-state index is -0.147. The Kier molecular flexibility index (Phi) is 5.91. The highest BCUT2D eigenvalue weighted by molar-refractivity contribution is 5.98. The Morgan fingerprint density at radius 1 is 1.27 bits per heavy atom. The average Bonchev–Trinajstić information content (AvgIpc) is 3.17. The number of nitrogens with zero attached hydrogens (tertiary/aromatic N) is 2. The number of para-hydroxylation sites is 2. The molecule has 3 rings (SSSR count). The summed E-state index contributed by atoms with van der Waals surface area (Å²) in [5.74, 6) is 1.16. The molecule has 7 heteroatoms. The molecule has 0 aliphatic carbocycles. The van der Waals surface area contributed by atoms with E-state index in [1.165, 1.54) is 0 Å². The van der Waals surface area contributed by atoms with Crippen LogP contribution in [0.5, 0.6) is 5.75 Å². The van der Waals surface area contributed by atoms with E-state index >= 15 is 0 Å². The Morgan fingerprint density at radius 2 is 2.12 bits per heavy atom. The van der Waals surface area contributed by atoms with Gasteiger partial charge in [-0.25, -0.2) is 0 Å². The molecule has 0 unspecified atom stereocenters. The molecule has 0 bridgehead atoms. The molecule has 138 valence electrons. The van der Waals surface area contributed by atoms with Crippen molar-refractivity contribution in [1.82, 2.24) is 4.90 Å². The number of anilines is 1. The highest BCUT2D eigenvalue weighted by Crippen LogP contribution is 2.31. The molecule has 2 amide bonds. The van der Waals surface area contributed by atoms with Gasteiger partial charge in [-0.15, -0.1) is 0 Å². The Labute approximate surface area is 152 Å². The number of methoxy groups -OCH3 is 1. The second kappa shape index (κ2) is 8.53. The van der Waals surface area contributed by atoms with Crippen LogP contribution in [0.25, 0.3) is 0 Å². The van der Waals surface area contributed by atoms with E-state index in [0.717, 1.165) is 0 Å². The van der Waals surface area contributed by atoms with Gasteiger partial charge in [-0.2, -0.15) is 0 Å². The first-order valence-corrected chi connectivity index (χ1v) is 8.50. The van der Waals surface area contributed by atoms with E-state index in [4.69, 9.17) is 13.9 Å². The number of benzene rings is 1. The van der Waals surface area contributed by atoms with Crippen molar-refractivity contribution in [2.45, 2.75) is 13.0 Å². The Morgan fingerprint density at radius 3 is 2.88 bits per heavy atom. The number of fused-ring (bicyclic) bond motifs is 1. The van der Waals surface area contributed by atoms with Crippen molar-refractivity contribution in [2.24, 2.45) is 0 Å². The summed E-state index contributed by atoms with van der Waals surface area (Å²) in [6, 6.07) is 11.0. The van der Waals surface area contributed by atoms with Crippen molar-refractivity contribution in [3.63, 3.8) is 0 Å². The molecule has 7 nitrogen and oxygen atoms in total. The van der Waals surface area contributed by atoms with Gasteiger partial charge in [-0.05, 0) is 24.3 Å². The standard InChI is InChI=1S/C19H22N2O5/c1-24-12-10-20(13-15-5-4-11-25-15)18(22)8-9-21-16-6-2-3-7-17(16)26-14-19(21)23/h2-7,11H,8-10,12-14H2,1H3. The summed E-state index contributed by atoms with van der Waals surface area (Å²) in [5, 5.41) is 0. The van der Waals surface area contributed by atoms with Crippen molar-refractivity contribution < 1.29 is 23.5 Å². The first-order chi connectivity index (χ1) is 12.7. The summed E-state index contributed by atoms with van der Waals surface area (Å²) < 4.78 is 15.9. The summed E-state index contributed by atoms with van der Waals surface area (Å²) in [4.78, 5) is 28.2. The molecule has 1 aliphatic rings. The predicted molar refractivity (Wildman–Crippen MR) is 94.9 cm³/mol.